The maximum absolute atomic E-state index is 13.0. The summed E-state index contributed by atoms with van der Waals surface area (Å²) >= 11 is 1.34. The SMILES string of the molecule is CC(C)(C)C(=O)C1=C(O)C(=O)N(c2ccc3nc[nH]c3c2)[C@H]1c1nccs1. The zero-order valence-corrected chi connectivity index (χ0v) is 15.9. The van der Waals surface area contributed by atoms with Crippen LogP contribution in [-0.4, -0.2) is 31.7 Å². The molecular weight excluding hydrogens is 364 g/mol. The number of aromatic nitrogens is 3. The largest absolute Gasteiger partial charge is 0.503 e. The van der Waals surface area contributed by atoms with Gasteiger partial charge in [-0.2, -0.15) is 0 Å². The molecular formula is C19H18N4O3S. The first-order valence-electron chi connectivity index (χ1n) is 8.43. The fraction of sp³-hybridized carbons (Fsp3) is 0.263. The van der Waals surface area contributed by atoms with E-state index in [1.807, 2.05) is 0 Å². The molecule has 138 valence electrons. The smallest absolute Gasteiger partial charge is 0.294 e. The first-order valence-corrected chi connectivity index (χ1v) is 9.31. The van der Waals surface area contributed by atoms with E-state index in [9.17, 15) is 14.7 Å². The highest BCUT2D eigenvalue weighted by Gasteiger charge is 2.47. The summed E-state index contributed by atoms with van der Waals surface area (Å²) in [5.41, 5.74) is 1.42. The average molecular weight is 382 g/mol. The predicted octanol–water partition coefficient (Wildman–Crippen LogP) is 3.53. The number of aliphatic hydroxyl groups is 1. The number of aliphatic hydroxyl groups excluding tert-OH is 1. The number of fused-ring (bicyclic) bond motifs is 1. The van der Waals surface area contributed by atoms with Crippen LogP contribution in [0.15, 0.2) is 47.4 Å². The summed E-state index contributed by atoms with van der Waals surface area (Å²) in [7, 11) is 0. The topological polar surface area (TPSA) is 99.2 Å². The normalized spacial score (nSPS) is 18.0. The summed E-state index contributed by atoms with van der Waals surface area (Å²) in [5.74, 6) is -1.40. The first-order chi connectivity index (χ1) is 12.8. The average Bonchev–Trinajstić information content (AvgIpc) is 3.33. The van der Waals surface area contributed by atoms with Crippen molar-refractivity contribution >= 4 is 39.7 Å². The van der Waals surface area contributed by atoms with Crippen LogP contribution >= 0.6 is 11.3 Å². The lowest BCUT2D eigenvalue weighted by atomic mass is 9.84. The van der Waals surface area contributed by atoms with Crippen molar-refractivity contribution in [3.8, 4) is 0 Å². The van der Waals surface area contributed by atoms with E-state index in [2.05, 4.69) is 15.0 Å². The summed E-state index contributed by atoms with van der Waals surface area (Å²) in [6, 6.07) is 4.55. The Balaban J connectivity index is 1.89. The molecule has 27 heavy (non-hydrogen) atoms. The van der Waals surface area contributed by atoms with E-state index in [1.165, 1.54) is 16.2 Å². The first kappa shape index (κ1) is 17.4. The van der Waals surface area contributed by atoms with E-state index >= 15 is 0 Å². The van der Waals surface area contributed by atoms with Crippen LogP contribution in [0.1, 0.15) is 31.8 Å². The zero-order valence-electron chi connectivity index (χ0n) is 15.1. The van der Waals surface area contributed by atoms with Crippen LogP contribution < -0.4 is 4.90 Å². The molecule has 2 N–H and O–H groups in total. The molecule has 0 saturated carbocycles. The number of benzene rings is 1. The highest BCUT2D eigenvalue weighted by molar-refractivity contribution is 7.09. The van der Waals surface area contributed by atoms with Gasteiger partial charge in [-0.3, -0.25) is 14.5 Å². The Morgan fingerprint density at radius 2 is 2.07 bits per heavy atom. The number of rotatable bonds is 3. The summed E-state index contributed by atoms with van der Waals surface area (Å²) in [6.45, 7) is 5.29. The fourth-order valence-electron chi connectivity index (χ4n) is 3.18. The van der Waals surface area contributed by atoms with Crippen LogP contribution in [-0.2, 0) is 9.59 Å². The molecule has 8 heteroatoms. The Morgan fingerprint density at radius 3 is 2.74 bits per heavy atom. The van der Waals surface area contributed by atoms with E-state index in [-0.39, 0.29) is 11.4 Å². The highest BCUT2D eigenvalue weighted by atomic mass is 32.1. The van der Waals surface area contributed by atoms with Gasteiger partial charge >= 0.3 is 0 Å². The fourth-order valence-corrected chi connectivity index (χ4v) is 3.92. The minimum absolute atomic E-state index is 0.0900. The summed E-state index contributed by atoms with van der Waals surface area (Å²) in [4.78, 5) is 38.9. The molecule has 1 aliphatic rings. The van der Waals surface area contributed by atoms with E-state index in [1.54, 1.807) is 56.9 Å². The van der Waals surface area contributed by atoms with Crippen LogP contribution in [0.2, 0.25) is 0 Å². The number of nitrogens with one attached hydrogen (secondary N) is 1. The zero-order chi connectivity index (χ0) is 19.3. The molecule has 0 radical (unpaired) electrons. The summed E-state index contributed by atoms with van der Waals surface area (Å²) in [5, 5.41) is 12.9. The molecule has 3 heterocycles. The van der Waals surface area contributed by atoms with Gasteiger partial charge in [0.2, 0.25) is 0 Å². The molecule has 1 aliphatic heterocycles. The molecule has 0 aliphatic carbocycles. The third kappa shape index (κ3) is 2.73. The van der Waals surface area contributed by atoms with Gasteiger partial charge in [0.1, 0.15) is 11.0 Å². The Kier molecular flexibility index (Phi) is 3.88. The van der Waals surface area contributed by atoms with Gasteiger partial charge in [0.25, 0.3) is 5.91 Å². The van der Waals surface area contributed by atoms with Crippen molar-refractivity contribution in [1.82, 2.24) is 15.0 Å². The number of hydrogen-bond donors (Lipinski definition) is 2. The minimum atomic E-state index is -0.760. The van der Waals surface area contributed by atoms with Gasteiger partial charge in [-0.05, 0) is 18.2 Å². The standard InChI is InChI=1S/C19H18N4O3S/c1-19(2,3)16(25)13-14(17-20-6-7-27-17)23(18(26)15(13)24)10-4-5-11-12(8-10)22-9-21-11/h4-9,14,24H,1-3H3,(H,21,22)/t14-/m1/s1. The molecule has 2 aromatic heterocycles. The Hall–Kier alpha value is -3.00. The lowest BCUT2D eigenvalue weighted by molar-refractivity contribution is -0.123. The predicted molar refractivity (Wildman–Crippen MR) is 103 cm³/mol. The van der Waals surface area contributed by atoms with Crippen LogP contribution in [0.5, 0.6) is 0 Å². The number of ketones is 1. The second kappa shape index (κ2) is 6.02. The lowest BCUT2D eigenvalue weighted by Crippen LogP contribution is -2.32. The van der Waals surface area contributed by atoms with Gasteiger partial charge in [-0.1, -0.05) is 20.8 Å². The molecule has 4 rings (SSSR count). The van der Waals surface area contributed by atoms with Crippen LogP contribution in [0.25, 0.3) is 11.0 Å². The minimum Gasteiger partial charge on any atom is -0.503 e. The maximum atomic E-state index is 13.0. The molecule has 3 aromatic rings. The van der Waals surface area contributed by atoms with Crippen molar-refractivity contribution in [3.05, 3.63) is 52.4 Å². The number of thiazole rings is 1. The quantitative estimate of drug-likeness (QED) is 0.722. The van der Waals surface area contributed by atoms with Crippen molar-refractivity contribution in [1.29, 1.82) is 0 Å². The summed E-state index contributed by atoms with van der Waals surface area (Å²) < 4.78 is 0. The third-order valence-corrected chi connectivity index (χ3v) is 5.33. The number of carbonyl (C=O) groups excluding carboxylic acids is 2. The van der Waals surface area contributed by atoms with E-state index in [4.69, 9.17) is 0 Å². The van der Waals surface area contributed by atoms with Crippen LogP contribution in [0, 0.1) is 5.41 Å². The number of Topliss-reactive ketones (excluding diaryl/α,β-unsaturated/α-hetero) is 1. The number of carbonyl (C=O) groups is 2. The van der Waals surface area contributed by atoms with Gasteiger partial charge in [0.05, 0.1) is 22.9 Å². The Labute approximate surface area is 159 Å². The molecule has 0 saturated heterocycles. The molecule has 1 amide bonds. The van der Waals surface area contributed by atoms with Crippen molar-refractivity contribution in [2.75, 3.05) is 4.90 Å². The molecule has 0 fully saturated rings. The van der Waals surface area contributed by atoms with Crippen molar-refractivity contribution < 1.29 is 14.7 Å². The molecule has 0 spiro atoms. The van der Waals surface area contributed by atoms with Gasteiger partial charge in [-0.25, -0.2) is 9.97 Å². The van der Waals surface area contributed by atoms with Gasteiger partial charge in [0, 0.05) is 22.7 Å². The second-order valence-electron chi connectivity index (χ2n) is 7.39. The van der Waals surface area contributed by atoms with Gasteiger partial charge in [-0.15, -0.1) is 11.3 Å². The lowest BCUT2D eigenvalue weighted by Gasteiger charge is -2.27. The second-order valence-corrected chi connectivity index (χ2v) is 8.32. The van der Waals surface area contributed by atoms with Crippen molar-refractivity contribution in [2.45, 2.75) is 26.8 Å². The van der Waals surface area contributed by atoms with Crippen molar-refractivity contribution in [3.63, 3.8) is 0 Å². The van der Waals surface area contributed by atoms with Crippen LogP contribution in [0.3, 0.4) is 0 Å². The molecule has 7 nitrogen and oxygen atoms in total. The van der Waals surface area contributed by atoms with Gasteiger partial charge in [0.15, 0.2) is 11.5 Å². The van der Waals surface area contributed by atoms with Gasteiger partial charge < -0.3 is 10.1 Å². The molecule has 1 aromatic carbocycles. The maximum Gasteiger partial charge on any atom is 0.294 e. The third-order valence-electron chi connectivity index (χ3n) is 4.50. The Bertz CT molecular complexity index is 1080. The van der Waals surface area contributed by atoms with Crippen LogP contribution in [0.4, 0.5) is 5.69 Å². The number of anilines is 1. The molecule has 0 unspecified atom stereocenters. The van der Waals surface area contributed by atoms with E-state index in [0.29, 0.717) is 10.7 Å². The van der Waals surface area contributed by atoms with E-state index in [0.717, 1.165) is 11.0 Å². The molecule has 0 bridgehead atoms. The Morgan fingerprint density at radius 1 is 1.30 bits per heavy atom. The number of H-pyrrole nitrogens is 1. The number of hydrogen-bond acceptors (Lipinski definition) is 6. The number of nitrogens with zero attached hydrogens (tertiary/aromatic N) is 3. The number of amides is 1. The van der Waals surface area contributed by atoms with Crippen molar-refractivity contribution in [2.24, 2.45) is 5.41 Å². The summed E-state index contributed by atoms with van der Waals surface area (Å²) in [6.07, 6.45) is 3.19. The highest BCUT2D eigenvalue weighted by Crippen LogP contribution is 2.44. The number of aromatic amines is 1. The number of imidazole rings is 1. The van der Waals surface area contributed by atoms with E-state index < -0.39 is 23.1 Å². The monoisotopic (exact) mass is 382 g/mol. The molecule has 1 atom stereocenters.